The van der Waals surface area contributed by atoms with Gasteiger partial charge in [-0.25, -0.2) is 0 Å². The van der Waals surface area contributed by atoms with Gasteiger partial charge in [0.2, 0.25) is 5.91 Å². The molecule has 0 spiro atoms. The van der Waals surface area contributed by atoms with Crippen molar-refractivity contribution in [3.05, 3.63) is 23.8 Å². The minimum Gasteiger partial charge on any atom is -0.497 e. The van der Waals surface area contributed by atoms with E-state index in [0.29, 0.717) is 6.42 Å². The molecule has 1 aromatic carbocycles. The molecule has 0 saturated carbocycles. The number of rotatable bonds is 5. The van der Waals surface area contributed by atoms with Gasteiger partial charge in [0.1, 0.15) is 5.75 Å². The maximum atomic E-state index is 12.9. The number of alkyl halides is 3. The van der Waals surface area contributed by atoms with Gasteiger partial charge in [-0.1, -0.05) is 6.92 Å². The van der Waals surface area contributed by atoms with E-state index in [-0.39, 0.29) is 23.9 Å². The lowest BCUT2D eigenvalue weighted by Crippen LogP contribution is -2.27. The van der Waals surface area contributed by atoms with Crippen LogP contribution in [0, 0.1) is 0 Å². The number of amides is 1. The summed E-state index contributed by atoms with van der Waals surface area (Å²) in [6.07, 6.45) is -4.04. The highest BCUT2D eigenvalue weighted by atomic mass is 19.4. The fourth-order valence-corrected chi connectivity index (χ4v) is 1.58. The molecule has 1 unspecified atom stereocenters. The van der Waals surface area contributed by atoms with Crippen LogP contribution in [-0.2, 0) is 11.0 Å². The van der Waals surface area contributed by atoms with Gasteiger partial charge in [-0.3, -0.25) is 4.79 Å². The molecule has 1 amide bonds. The molecule has 0 aliphatic heterocycles. The number of hydrogen-bond acceptors (Lipinski definition) is 3. The first-order valence-corrected chi connectivity index (χ1v) is 6.08. The molecule has 4 nitrogen and oxygen atoms in total. The van der Waals surface area contributed by atoms with Gasteiger partial charge in [0, 0.05) is 12.5 Å². The Morgan fingerprint density at radius 1 is 1.45 bits per heavy atom. The second kappa shape index (κ2) is 6.60. The number of methoxy groups -OCH3 is 1. The maximum Gasteiger partial charge on any atom is 0.418 e. The van der Waals surface area contributed by atoms with Crippen LogP contribution in [0.15, 0.2) is 18.2 Å². The van der Waals surface area contributed by atoms with Gasteiger partial charge in [-0.05, 0) is 24.6 Å². The summed E-state index contributed by atoms with van der Waals surface area (Å²) >= 11 is 0. The highest BCUT2D eigenvalue weighted by molar-refractivity contribution is 5.92. The van der Waals surface area contributed by atoms with Crippen molar-refractivity contribution in [1.29, 1.82) is 0 Å². The summed E-state index contributed by atoms with van der Waals surface area (Å²) in [7, 11) is 1.27. The Hall–Kier alpha value is -1.76. The van der Waals surface area contributed by atoms with Crippen LogP contribution in [0.1, 0.15) is 25.3 Å². The van der Waals surface area contributed by atoms with E-state index < -0.39 is 17.6 Å². The molecule has 20 heavy (non-hydrogen) atoms. The molecule has 112 valence electrons. The lowest BCUT2D eigenvalue weighted by atomic mass is 10.1. The van der Waals surface area contributed by atoms with Crippen LogP contribution in [0.5, 0.6) is 5.75 Å². The molecule has 1 atom stereocenters. The molecule has 7 heteroatoms. The number of hydrogen-bond donors (Lipinski definition) is 2. The summed E-state index contributed by atoms with van der Waals surface area (Å²) in [5.74, 6) is -0.476. The Morgan fingerprint density at radius 3 is 2.60 bits per heavy atom. The third-order valence-electron chi connectivity index (χ3n) is 2.78. The first-order chi connectivity index (χ1) is 9.27. The van der Waals surface area contributed by atoms with E-state index in [4.69, 9.17) is 10.5 Å². The largest absolute Gasteiger partial charge is 0.497 e. The van der Waals surface area contributed by atoms with E-state index in [1.54, 1.807) is 6.92 Å². The number of carbonyl (C=O) groups is 1. The molecule has 0 aromatic heterocycles. The SMILES string of the molecule is CCC(N)CC(=O)Nc1ccc(OC)cc1C(F)(F)F. The Labute approximate surface area is 115 Å². The predicted molar refractivity (Wildman–Crippen MR) is 69.5 cm³/mol. The van der Waals surface area contributed by atoms with Crippen molar-refractivity contribution in [2.45, 2.75) is 32.0 Å². The normalized spacial score (nSPS) is 12.9. The minimum absolute atomic E-state index is 0.0280. The van der Waals surface area contributed by atoms with Gasteiger partial charge < -0.3 is 15.8 Å². The monoisotopic (exact) mass is 290 g/mol. The van der Waals surface area contributed by atoms with E-state index in [1.807, 2.05) is 0 Å². The average Bonchev–Trinajstić information content (AvgIpc) is 2.37. The Balaban J connectivity index is 2.97. The molecule has 0 fully saturated rings. The molecular formula is C13H17F3N2O2. The quantitative estimate of drug-likeness (QED) is 0.876. The lowest BCUT2D eigenvalue weighted by molar-refractivity contribution is -0.137. The van der Waals surface area contributed by atoms with E-state index in [1.165, 1.54) is 13.2 Å². The number of anilines is 1. The highest BCUT2D eigenvalue weighted by Crippen LogP contribution is 2.37. The maximum absolute atomic E-state index is 12.9. The zero-order valence-corrected chi connectivity index (χ0v) is 11.3. The van der Waals surface area contributed by atoms with E-state index in [9.17, 15) is 18.0 Å². The van der Waals surface area contributed by atoms with Crippen molar-refractivity contribution in [3.8, 4) is 5.75 Å². The Kier molecular flexibility index (Phi) is 5.38. The first kappa shape index (κ1) is 16.3. The van der Waals surface area contributed by atoms with Crippen molar-refractivity contribution in [2.75, 3.05) is 12.4 Å². The number of halogens is 3. The first-order valence-electron chi connectivity index (χ1n) is 6.08. The zero-order chi connectivity index (χ0) is 15.3. The minimum atomic E-state index is -4.58. The summed E-state index contributed by atoms with van der Waals surface area (Å²) in [4.78, 5) is 11.6. The van der Waals surface area contributed by atoms with Crippen LogP contribution in [0.25, 0.3) is 0 Å². The van der Waals surface area contributed by atoms with Gasteiger partial charge in [-0.15, -0.1) is 0 Å². The van der Waals surface area contributed by atoms with Gasteiger partial charge in [0.25, 0.3) is 0 Å². The summed E-state index contributed by atoms with van der Waals surface area (Å²) in [5, 5.41) is 2.24. The Morgan fingerprint density at radius 2 is 2.10 bits per heavy atom. The van der Waals surface area contributed by atoms with E-state index in [2.05, 4.69) is 5.32 Å². The number of carbonyl (C=O) groups excluding carboxylic acids is 1. The van der Waals surface area contributed by atoms with Crippen LogP contribution in [0.2, 0.25) is 0 Å². The van der Waals surface area contributed by atoms with Crippen molar-refractivity contribution >= 4 is 11.6 Å². The molecule has 0 bridgehead atoms. The Bertz CT molecular complexity index is 475. The molecule has 0 saturated heterocycles. The summed E-state index contributed by atoms with van der Waals surface area (Å²) < 4.78 is 43.5. The molecule has 0 aliphatic carbocycles. The molecular weight excluding hydrogens is 273 g/mol. The molecule has 0 radical (unpaired) electrons. The standard InChI is InChI=1S/C13H17F3N2O2/c1-3-8(17)6-12(19)18-11-5-4-9(20-2)7-10(11)13(14,15)16/h4-5,7-8H,3,6,17H2,1-2H3,(H,18,19). The van der Waals surface area contributed by atoms with Crippen LogP contribution in [0.4, 0.5) is 18.9 Å². The molecule has 0 aliphatic rings. The molecule has 1 rings (SSSR count). The highest BCUT2D eigenvalue weighted by Gasteiger charge is 2.34. The fraction of sp³-hybridized carbons (Fsp3) is 0.462. The number of nitrogens with one attached hydrogen (secondary N) is 1. The van der Waals surface area contributed by atoms with E-state index >= 15 is 0 Å². The number of benzene rings is 1. The smallest absolute Gasteiger partial charge is 0.418 e. The summed E-state index contributed by atoms with van der Waals surface area (Å²) in [5.41, 5.74) is 4.35. The molecule has 3 N–H and O–H groups in total. The molecule has 0 heterocycles. The van der Waals surface area contributed by atoms with Crippen LogP contribution >= 0.6 is 0 Å². The lowest BCUT2D eigenvalue weighted by Gasteiger charge is -2.16. The topological polar surface area (TPSA) is 64.4 Å². The van der Waals surface area contributed by atoms with Crippen LogP contribution in [0.3, 0.4) is 0 Å². The van der Waals surface area contributed by atoms with Gasteiger partial charge in [-0.2, -0.15) is 13.2 Å². The second-order valence-electron chi connectivity index (χ2n) is 4.33. The van der Waals surface area contributed by atoms with Crippen molar-refractivity contribution in [1.82, 2.24) is 0 Å². The number of ether oxygens (including phenoxy) is 1. The third-order valence-corrected chi connectivity index (χ3v) is 2.78. The van der Waals surface area contributed by atoms with E-state index in [0.717, 1.165) is 12.1 Å². The second-order valence-corrected chi connectivity index (χ2v) is 4.33. The summed E-state index contributed by atoms with van der Waals surface area (Å²) in [6, 6.07) is 2.99. The van der Waals surface area contributed by atoms with Crippen molar-refractivity contribution < 1.29 is 22.7 Å². The van der Waals surface area contributed by atoms with Gasteiger partial charge >= 0.3 is 6.18 Å². The summed E-state index contributed by atoms with van der Waals surface area (Å²) in [6.45, 7) is 1.80. The van der Waals surface area contributed by atoms with Gasteiger partial charge in [0.05, 0.1) is 18.4 Å². The molecule has 1 aromatic rings. The van der Waals surface area contributed by atoms with Gasteiger partial charge in [0.15, 0.2) is 0 Å². The van der Waals surface area contributed by atoms with Crippen molar-refractivity contribution in [3.63, 3.8) is 0 Å². The zero-order valence-electron chi connectivity index (χ0n) is 11.3. The number of nitrogens with two attached hydrogens (primary N) is 1. The fourth-order valence-electron chi connectivity index (χ4n) is 1.58. The third kappa shape index (κ3) is 4.41. The average molecular weight is 290 g/mol. The van der Waals surface area contributed by atoms with Crippen LogP contribution in [-0.4, -0.2) is 19.1 Å². The van der Waals surface area contributed by atoms with Crippen LogP contribution < -0.4 is 15.8 Å². The van der Waals surface area contributed by atoms with Crippen molar-refractivity contribution in [2.24, 2.45) is 5.73 Å². The predicted octanol–water partition coefficient (Wildman–Crippen LogP) is 2.78.